The number of furan rings is 1. The van der Waals surface area contributed by atoms with E-state index in [0.717, 1.165) is 16.9 Å². The number of nitrogens with two attached hydrogens (primary N) is 1. The highest BCUT2D eigenvalue weighted by molar-refractivity contribution is 7.98. The van der Waals surface area contributed by atoms with Gasteiger partial charge in [-0.1, -0.05) is 42.5 Å². The van der Waals surface area contributed by atoms with Crippen molar-refractivity contribution in [2.75, 3.05) is 19.8 Å². The monoisotopic (exact) mass is 381 g/mol. The molecule has 2 aromatic carbocycles. The van der Waals surface area contributed by atoms with E-state index in [4.69, 9.17) is 4.42 Å². The molecule has 27 heavy (non-hydrogen) atoms. The maximum Gasteiger partial charge on any atom is 0.277 e. The molecule has 0 saturated heterocycles. The molecule has 5 heteroatoms. The summed E-state index contributed by atoms with van der Waals surface area (Å²) in [7, 11) is 1.85. The molecule has 0 aliphatic heterocycles. The van der Waals surface area contributed by atoms with Gasteiger partial charge in [-0.15, -0.1) is 11.8 Å². The summed E-state index contributed by atoms with van der Waals surface area (Å²) in [5, 5.41) is 2.03. The number of amides is 1. The minimum Gasteiger partial charge on any atom is -0.463 e. The van der Waals surface area contributed by atoms with Crippen molar-refractivity contribution in [3.63, 3.8) is 0 Å². The summed E-state index contributed by atoms with van der Waals surface area (Å²) in [6, 6.07) is 22.3. The highest BCUT2D eigenvalue weighted by atomic mass is 32.2. The Labute approximate surface area is 164 Å². The topological polar surface area (TPSA) is 50.1 Å². The Morgan fingerprint density at radius 2 is 1.81 bits per heavy atom. The molecule has 0 radical (unpaired) electrons. The summed E-state index contributed by atoms with van der Waals surface area (Å²) in [5.41, 5.74) is 2.25. The number of nitrogens with zero attached hydrogens (tertiary/aromatic N) is 1. The van der Waals surface area contributed by atoms with Crippen LogP contribution in [-0.4, -0.2) is 30.7 Å². The fourth-order valence-corrected chi connectivity index (χ4v) is 3.42. The lowest BCUT2D eigenvalue weighted by atomic mass is 10.0. The van der Waals surface area contributed by atoms with Crippen LogP contribution in [0.4, 0.5) is 0 Å². The van der Waals surface area contributed by atoms with Crippen molar-refractivity contribution in [3.8, 4) is 0 Å². The van der Waals surface area contributed by atoms with Gasteiger partial charge >= 0.3 is 0 Å². The second-order valence-electron chi connectivity index (χ2n) is 6.44. The van der Waals surface area contributed by atoms with Crippen molar-refractivity contribution in [1.29, 1.82) is 0 Å². The summed E-state index contributed by atoms with van der Waals surface area (Å²) < 4.78 is 5.60. The zero-order valence-corrected chi connectivity index (χ0v) is 16.5. The van der Waals surface area contributed by atoms with Gasteiger partial charge in [-0.05, 0) is 36.1 Å². The van der Waals surface area contributed by atoms with Crippen LogP contribution >= 0.6 is 11.8 Å². The third-order valence-corrected chi connectivity index (χ3v) is 5.28. The van der Waals surface area contributed by atoms with E-state index in [1.54, 1.807) is 22.9 Å². The minimum absolute atomic E-state index is 0.0283. The Balaban J connectivity index is 1.61. The van der Waals surface area contributed by atoms with Crippen LogP contribution < -0.4 is 5.32 Å². The average molecular weight is 382 g/mol. The van der Waals surface area contributed by atoms with Crippen molar-refractivity contribution in [2.24, 2.45) is 0 Å². The number of thioether (sulfide) groups is 1. The number of hydrogen-bond acceptors (Lipinski definition) is 3. The Hall–Kier alpha value is -2.50. The minimum atomic E-state index is -0.0283. The van der Waals surface area contributed by atoms with Crippen molar-refractivity contribution < 1.29 is 14.5 Å². The number of rotatable bonds is 8. The zero-order chi connectivity index (χ0) is 19.1. The third-order valence-electron chi connectivity index (χ3n) is 4.54. The molecule has 3 aromatic rings. The van der Waals surface area contributed by atoms with Crippen LogP contribution in [0, 0.1) is 0 Å². The van der Waals surface area contributed by atoms with E-state index in [9.17, 15) is 4.79 Å². The van der Waals surface area contributed by atoms with E-state index < -0.39 is 0 Å². The zero-order valence-electron chi connectivity index (χ0n) is 15.7. The Bertz CT molecular complexity index is 833. The highest BCUT2D eigenvalue weighted by Gasteiger charge is 2.22. The third kappa shape index (κ3) is 5.25. The molecular weight excluding hydrogens is 356 g/mol. The number of likely N-dealkylation sites (N-methyl/N-ethyl adjacent to an activating group) is 1. The van der Waals surface area contributed by atoms with Gasteiger partial charge in [0, 0.05) is 24.1 Å². The van der Waals surface area contributed by atoms with Crippen LogP contribution in [-0.2, 0) is 11.3 Å². The lowest BCUT2D eigenvalue weighted by Gasteiger charge is -2.19. The molecule has 1 amide bonds. The fraction of sp³-hybridized carbons (Fsp3) is 0.227. The predicted molar refractivity (Wildman–Crippen MR) is 108 cm³/mol. The molecule has 0 fully saturated rings. The standard InChI is InChI=1S/C22H24N2O2S/c1-24(16-17-10-12-19(27-2)13-11-17)21(25)15-23-22(20-9-6-14-26-20)18-7-4-3-5-8-18/h3-14,22-23H,15-16H2,1-2H3/p+1/t22-/m1/s1. The van der Waals surface area contributed by atoms with Gasteiger partial charge in [0.2, 0.25) is 0 Å². The first-order chi connectivity index (χ1) is 13.2. The first-order valence-electron chi connectivity index (χ1n) is 8.96. The molecule has 1 heterocycles. The number of hydrogen-bond donors (Lipinski definition) is 1. The van der Waals surface area contributed by atoms with E-state index in [2.05, 4.69) is 42.7 Å². The number of quaternary nitrogens is 1. The maximum absolute atomic E-state index is 12.6. The smallest absolute Gasteiger partial charge is 0.277 e. The average Bonchev–Trinajstić information content (AvgIpc) is 3.24. The molecular formula is C22H25N2O2S+. The highest BCUT2D eigenvalue weighted by Crippen LogP contribution is 2.18. The van der Waals surface area contributed by atoms with Crippen LogP contribution in [0.25, 0.3) is 0 Å². The molecule has 0 unspecified atom stereocenters. The maximum atomic E-state index is 12.6. The number of carbonyl (C=O) groups is 1. The molecule has 0 bridgehead atoms. The molecule has 140 valence electrons. The second-order valence-corrected chi connectivity index (χ2v) is 7.32. The second kappa shape index (κ2) is 9.44. The summed E-state index contributed by atoms with van der Waals surface area (Å²) in [6.07, 6.45) is 3.73. The molecule has 1 aromatic heterocycles. The number of benzene rings is 2. The van der Waals surface area contributed by atoms with Gasteiger partial charge in [0.05, 0.1) is 6.26 Å². The van der Waals surface area contributed by atoms with Crippen LogP contribution in [0.15, 0.2) is 82.3 Å². The van der Waals surface area contributed by atoms with E-state index in [0.29, 0.717) is 13.1 Å². The summed E-state index contributed by atoms with van der Waals surface area (Å²) in [5.74, 6) is 0.945. The molecule has 0 saturated carbocycles. The van der Waals surface area contributed by atoms with Gasteiger partial charge in [-0.3, -0.25) is 4.79 Å². The molecule has 0 aliphatic rings. The van der Waals surface area contributed by atoms with Crippen LogP contribution in [0.5, 0.6) is 0 Å². The summed E-state index contributed by atoms with van der Waals surface area (Å²) >= 11 is 1.72. The van der Waals surface area contributed by atoms with Crippen molar-refractivity contribution >= 4 is 17.7 Å². The Morgan fingerprint density at radius 1 is 1.07 bits per heavy atom. The van der Waals surface area contributed by atoms with Crippen LogP contribution in [0.1, 0.15) is 22.9 Å². The molecule has 3 rings (SSSR count). The van der Waals surface area contributed by atoms with Crippen molar-refractivity contribution in [3.05, 3.63) is 89.9 Å². The lowest BCUT2D eigenvalue weighted by molar-refractivity contribution is -0.679. The molecule has 1 atom stereocenters. The van der Waals surface area contributed by atoms with Crippen molar-refractivity contribution in [1.82, 2.24) is 4.90 Å². The largest absolute Gasteiger partial charge is 0.463 e. The van der Waals surface area contributed by atoms with Crippen molar-refractivity contribution in [2.45, 2.75) is 17.5 Å². The summed E-state index contributed by atoms with van der Waals surface area (Å²) in [6.45, 7) is 0.970. The van der Waals surface area contributed by atoms with Gasteiger partial charge in [0.25, 0.3) is 5.91 Å². The van der Waals surface area contributed by atoms with Gasteiger partial charge in [-0.25, -0.2) is 0 Å². The van der Waals surface area contributed by atoms with Gasteiger partial charge in [0.15, 0.2) is 18.3 Å². The van der Waals surface area contributed by atoms with E-state index in [-0.39, 0.29) is 11.9 Å². The van der Waals surface area contributed by atoms with Gasteiger partial charge in [-0.2, -0.15) is 0 Å². The lowest BCUT2D eigenvalue weighted by Crippen LogP contribution is -2.87. The van der Waals surface area contributed by atoms with E-state index >= 15 is 0 Å². The number of carbonyl (C=O) groups excluding carboxylic acids is 1. The quantitative estimate of drug-likeness (QED) is 0.609. The first kappa shape index (κ1) is 19.3. The summed E-state index contributed by atoms with van der Waals surface area (Å²) in [4.78, 5) is 15.6. The van der Waals surface area contributed by atoms with Gasteiger partial charge in [0.1, 0.15) is 0 Å². The SMILES string of the molecule is CSc1ccc(CN(C)C(=O)C[NH2+][C@H](c2ccccc2)c2ccco2)cc1. The Kier molecular flexibility index (Phi) is 6.74. The molecule has 2 N–H and O–H groups in total. The fourth-order valence-electron chi connectivity index (χ4n) is 3.01. The molecule has 0 spiro atoms. The van der Waals surface area contributed by atoms with Crippen LogP contribution in [0.3, 0.4) is 0 Å². The molecule has 4 nitrogen and oxygen atoms in total. The van der Waals surface area contributed by atoms with E-state index in [1.165, 1.54) is 4.90 Å². The van der Waals surface area contributed by atoms with E-state index in [1.807, 2.05) is 42.7 Å². The predicted octanol–water partition coefficient (Wildman–Crippen LogP) is 3.31. The Morgan fingerprint density at radius 3 is 2.44 bits per heavy atom. The van der Waals surface area contributed by atoms with Gasteiger partial charge < -0.3 is 14.6 Å². The molecule has 0 aliphatic carbocycles. The normalized spacial score (nSPS) is 11.9. The first-order valence-corrected chi connectivity index (χ1v) is 10.2. The van der Waals surface area contributed by atoms with Crippen LogP contribution in [0.2, 0.25) is 0 Å².